The lowest BCUT2D eigenvalue weighted by molar-refractivity contribution is -0.141. The summed E-state index contributed by atoms with van der Waals surface area (Å²) in [4.78, 5) is 33.8. The zero-order valence-corrected chi connectivity index (χ0v) is 19.4. The van der Waals surface area contributed by atoms with Gasteiger partial charge in [0, 0.05) is 5.92 Å². The molecule has 3 atom stereocenters. The van der Waals surface area contributed by atoms with Gasteiger partial charge in [0.15, 0.2) is 6.04 Å². The molecule has 0 saturated heterocycles. The van der Waals surface area contributed by atoms with Gasteiger partial charge in [0.25, 0.3) is 0 Å². The van der Waals surface area contributed by atoms with Crippen molar-refractivity contribution in [3.05, 3.63) is 59.7 Å². The molecule has 0 spiro atoms. The highest BCUT2D eigenvalue weighted by atomic mass is 31.2. The molecule has 10 heteroatoms. The Bertz CT molecular complexity index is 997. The van der Waals surface area contributed by atoms with Crippen LogP contribution in [0.25, 0.3) is 11.1 Å². The predicted molar refractivity (Wildman–Crippen MR) is 121 cm³/mol. The first-order chi connectivity index (χ1) is 15.7. The van der Waals surface area contributed by atoms with E-state index in [0.29, 0.717) is 6.42 Å². The van der Waals surface area contributed by atoms with E-state index < -0.39 is 32.0 Å². The molecule has 178 valence electrons. The zero-order valence-electron chi connectivity index (χ0n) is 18.5. The molecule has 0 aromatic heterocycles. The first-order valence-electron chi connectivity index (χ1n) is 10.7. The molecule has 1 aliphatic rings. The minimum absolute atomic E-state index is 0.0000586. The van der Waals surface area contributed by atoms with Crippen LogP contribution in [-0.4, -0.2) is 47.4 Å². The fourth-order valence-electron chi connectivity index (χ4n) is 3.77. The molecule has 3 N–H and O–H groups in total. The van der Waals surface area contributed by atoms with Crippen molar-refractivity contribution in [2.24, 2.45) is 0 Å². The van der Waals surface area contributed by atoms with E-state index >= 15 is 0 Å². The number of phosphoric acid groups is 1. The molecule has 1 aliphatic carbocycles. The quantitative estimate of drug-likeness (QED) is 0.322. The van der Waals surface area contributed by atoms with Crippen molar-refractivity contribution < 1.29 is 37.9 Å². The van der Waals surface area contributed by atoms with Crippen molar-refractivity contribution in [3.63, 3.8) is 0 Å². The van der Waals surface area contributed by atoms with Crippen LogP contribution in [0.1, 0.15) is 43.7 Å². The van der Waals surface area contributed by atoms with Gasteiger partial charge in [0.05, 0.1) is 12.7 Å². The van der Waals surface area contributed by atoms with Crippen molar-refractivity contribution in [2.45, 2.75) is 44.8 Å². The molecule has 33 heavy (non-hydrogen) atoms. The van der Waals surface area contributed by atoms with Gasteiger partial charge in [-0.3, -0.25) is 9.05 Å². The molecule has 0 heterocycles. The van der Waals surface area contributed by atoms with Crippen LogP contribution in [0.5, 0.6) is 0 Å². The molecule has 0 saturated carbocycles. The van der Waals surface area contributed by atoms with Crippen LogP contribution in [0.2, 0.25) is 0 Å². The Labute approximate surface area is 192 Å². The van der Waals surface area contributed by atoms with Gasteiger partial charge < -0.3 is 20.1 Å². The summed E-state index contributed by atoms with van der Waals surface area (Å²) in [5, 5.41) is 11.7. The van der Waals surface area contributed by atoms with Crippen LogP contribution in [0.15, 0.2) is 48.5 Å². The van der Waals surface area contributed by atoms with E-state index in [-0.39, 0.29) is 19.1 Å². The van der Waals surface area contributed by atoms with Crippen molar-refractivity contribution in [1.82, 2.24) is 5.32 Å². The van der Waals surface area contributed by atoms with E-state index in [1.807, 2.05) is 55.5 Å². The lowest BCUT2D eigenvalue weighted by atomic mass is 9.98. The molecule has 3 rings (SSSR count). The number of phosphoric ester groups is 1. The Morgan fingerprint density at radius 3 is 2.21 bits per heavy atom. The van der Waals surface area contributed by atoms with Crippen molar-refractivity contribution in [3.8, 4) is 11.1 Å². The van der Waals surface area contributed by atoms with E-state index in [9.17, 15) is 24.2 Å². The van der Waals surface area contributed by atoms with Crippen LogP contribution < -0.4 is 5.32 Å². The maximum Gasteiger partial charge on any atom is 0.472 e. The second-order valence-corrected chi connectivity index (χ2v) is 9.16. The Kier molecular flexibility index (Phi) is 8.26. The summed E-state index contributed by atoms with van der Waals surface area (Å²) in [6, 6.07) is 14.0. The normalized spacial score (nSPS) is 16.2. The molecule has 0 fully saturated rings. The minimum Gasteiger partial charge on any atom is -0.480 e. The third kappa shape index (κ3) is 6.21. The van der Waals surface area contributed by atoms with Gasteiger partial charge >= 0.3 is 19.9 Å². The summed E-state index contributed by atoms with van der Waals surface area (Å²) in [6.07, 6.45) is -1.03. The number of amides is 1. The van der Waals surface area contributed by atoms with Gasteiger partial charge in [-0.15, -0.1) is 0 Å². The van der Waals surface area contributed by atoms with Gasteiger partial charge in [0.2, 0.25) is 0 Å². The maximum atomic E-state index is 12.4. The summed E-state index contributed by atoms with van der Waals surface area (Å²) in [5.74, 6) is -1.63. The minimum atomic E-state index is -4.48. The molecular formula is C23H28NO8P. The summed E-state index contributed by atoms with van der Waals surface area (Å²) >= 11 is 0. The van der Waals surface area contributed by atoms with Gasteiger partial charge in [0.1, 0.15) is 6.61 Å². The van der Waals surface area contributed by atoms with Gasteiger partial charge in [-0.25, -0.2) is 14.2 Å². The molecule has 9 nitrogen and oxygen atoms in total. The highest BCUT2D eigenvalue weighted by Crippen LogP contribution is 2.45. The number of aliphatic carboxylic acids is 1. The molecule has 0 radical (unpaired) electrons. The lowest BCUT2D eigenvalue weighted by Gasteiger charge is -2.23. The smallest absolute Gasteiger partial charge is 0.472 e. The fraction of sp³-hybridized carbons (Fsp3) is 0.391. The number of alkyl carbamates (subject to hydrolysis) is 1. The van der Waals surface area contributed by atoms with Gasteiger partial charge in [-0.05, 0) is 35.6 Å². The largest absolute Gasteiger partial charge is 0.480 e. The number of nitrogens with one attached hydrogen (secondary N) is 1. The molecule has 1 amide bonds. The Morgan fingerprint density at radius 2 is 1.67 bits per heavy atom. The highest BCUT2D eigenvalue weighted by molar-refractivity contribution is 7.47. The first-order valence-corrected chi connectivity index (χ1v) is 12.2. The number of carbonyl (C=O) groups is 2. The van der Waals surface area contributed by atoms with E-state index in [0.717, 1.165) is 28.7 Å². The molecule has 1 unspecified atom stereocenters. The summed E-state index contributed by atoms with van der Waals surface area (Å²) in [5.41, 5.74) is 4.16. The van der Waals surface area contributed by atoms with Crippen LogP contribution in [-0.2, 0) is 23.1 Å². The molecule has 2 aromatic rings. The lowest BCUT2D eigenvalue weighted by Crippen LogP contribution is -2.48. The summed E-state index contributed by atoms with van der Waals surface area (Å²) < 4.78 is 27.1. The third-order valence-electron chi connectivity index (χ3n) is 5.40. The second-order valence-electron chi connectivity index (χ2n) is 7.75. The topological polar surface area (TPSA) is 131 Å². The number of fused-ring (bicyclic) bond motifs is 3. The van der Waals surface area contributed by atoms with Crippen LogP contribution in [0.4, 0.5) is 4.79 Å². The number of ether oxygens (including phenoxy) is 1. The van der Waals surface area contributed by atoms with Crippen molar-refractivity contribution in [2.75, 3.05) is 13.2 Å². The second kappa shape index (κ2) is 10.9. The summed E-state index contributed by atoms with van der Waals surface area (Å²) in [7, 11) is -4.48. The number of carbonyl (C=O) groups excluding carboxylic acids is 1. The Hall–Kier alpha value is -2.71. The number of carboxylic acid groups (broad SMARTS) is 1. The highest BCUT2D eigenvalue weighted by Gasteiger charge is 2.35. The predicted octanol–water partition coefficient (Wildman–Crippen LogP) is 4.30. The van der Waals surface area contributed by atoms with E-state index in [1.54, 1.807) is 0 Å². The SMILES string of the molecule is CCCCOP(=O)(O)O[C@H](C)[C@H](NC(=O)OCC1c2ccccc2-c2ccccc21)C(=O)O. The Morgan fingerprint density at radius 1 is 1.09 bits per heavy atom. The van der Waals surface area contributed by atoms with Crippen molar-refractivity contribution >= 4 is 19.9 Å². The summed E-state index contributed by atoms with van der Waals surface area (Å²) in [6.45, 7) is 3.14. The zero-order chi connectivity index (χ0) is 24.0. The van der Waals surface area contributed by atoms with Crippen LogP contribution >= 0.6 is 7.82 Å². The first kappa shape index (κ1) is 24.9. The van der Waals surface area contributed by atoms with E-state index in [4.69, 9.17) is 13.8 Å². The third-order valence-corrected chi connectivity index (χ3v) is 6.51. The number of hydrogen-bond donors (Lipinski definition) is 3. The maximum absolute atomic E-state index is 12.4. The molecule has 2 aromatic carbocycles. The average molecular weight is 477 g/mol. The van der Waals surface area contributed by atoms with Gasteiger partial charge in [-0.2, -0.15) is 0 Å². The number of unbranched alkanes of at least 4 members (excludes halogenated alkanes) is 1. The monoisotopic (exact) mass is 477 g/mol. The molecule has 0 bridgehead atoms. The average Bonchev–Trinajstić information content (AvgIpc) is 3.09. The molecular weight excluding hydrogens is 449 g/mol. The number of carboxylic acids is 1. The van der Waals surface area contributed by atoms with Crippen LogP contribution in [0, 0.1) is 0 Å². The van der Waals surface area contributed by atoms with E-state index in [2.05, 4.69) is 5.32 Å². The number of hydrogen-bond acceptors (Lipinski definition) is 6. The van der Waals surface area contributed by atoms with E-state index in [1.165, 1.54) is 6.92 Å². The Balaban J connectivity index is 1.62. The molecule has 0 aliphatic heterocycles. The fourth-order valence-corrected chi connectivity index (χ4v) is 4.74. The van der Waals surface area contributed by atoms with Crippen LogP contribution in [0.3, 0.4) is 0 Å². The number of benzene rings is 2. The number of rotatable bonds is 11. The standard InChI is InChI=1S/C23H28NO8P/c1-3-4-13-31-33(28,29)32-15(2)21(22(25)26)24-23(27)30-14-20-18-11-7-5-9-16(18)17-10-6-8-12-19(17)20/h5-12,15,20-21H,3-4,13-14H2,1-2H3,(H,24,27)(H,25,26)(H,28,29)/t15-,21+/m1/s1. The van der Waals surface area contributed by atoms with Gasteiger partial charge in [-0.1, -0.05) is 61.9 Å². The van der Waals surface area contributed by atoms with Crippen molar-refractivity contribution in [1.29, 1.82) is 0 Å².